The molecule has 3 heterocycles. The van der Waals surface area contributed by atoms with Crippen molar-refractivity contribution in [3.63, 3.8) is 0 Å². The van der Waals surface area contributed by atoms with Gasteiger partial charge < -0.3 is 10.0 Å². The lowest BCUT2D eigenvalue weighted by Gasteiger charge is -2.40. The maximum absolute atomic E-state index is 9.31. The van der Waals surface area contributed by atoms with Crippen molar-refractivity contribution in [3.05, 3.63) is 93.7 Å². The average molecular weight is 541 g/mol. The first-order chi connectivity index (χ1) is 19.3. The Balaban J connectivity index is 1.47. The third kappa shape index (κ3) is 5.91. The van der Waals surface area contributed by atoms with Gasteiger partial charge in [-0.3, -0.25) is 9.80 Å². The number of hydrogen-bond donors (Lipinski definition) is 1. The second kappa shape index (κ2) is 12.3. The molecule has 1 saturated heterocycles. The fourth-order valence-electron chi connectivity index (χ4n) is 6.22. The zero-order valence-electron chi connectivity index (χ0n) is 25.3. The van der Waals surface area contributed by atoms with Crippen LogP contribution in [0.25, 0.3) is 0 Å². The summed E-state index contributed by atoms with van der Waals surface area (Å²) in [6, 6.07) is 0. The predicted octanol–water partition coefficient (Wildman–Crippen LogP) is 6.87. The lowest BCUT2D eigenvalue weighted by Crippen LogP contribution is -2.47. The van der Waals surface area contributed by atoms with Gasteiger partial charge in [0.1, 0.15) is 5.84 Å². The van der Waals surface area contributed by atoms with Crippen molar-refractivity contribution in [2.75, 3.05) is 39.3 Å². The minimum Gasteiger partial charge on any atom is -0.395 e. The summed E-state index contributed by atoms with van der Waals surface area (Å²) in [6.07, 6.45) is 19.7. The predicted molar refractivity (Wildman–Crippen MR) is 167 cm³/mol. The van der Waals surface area contributed by atoms with Gasteiger partial charge in [-0.15, -0.1) is 0 Å². The van der Waals surface area contributed by atoms with Gasteiger partial charge in [0.05, 0.1) is 18.0 Å². The smallest absolute Gasteiger partial charge is 0.137 e. The molecule has 5 rings (SSSR count). The monoisotopic (exact) mass is 540 g/mol. The molecule has 2 fully saturated rings. The van der Waals surface area contributed by atoms with Crippen LogP contribution in [0.4, 0.5) is 0 Å². The third-order valence-corrected chi connectivity index (χ3v) is 9.44. The molecule has 214 valence electrons. The van der Waals surface area contributed by atoms with E-state index in [1.165, 1.54) is 58.5 Å². The summed E-state index contributed by atoms with van der Waals surface area (Å²) in [6.45, 7) is 20.6. The van der Waals surface area contributed by atoms with Gasteiger partial charge in [-0.1, -0.05) is 44.6 Å². The Morgan fingerprint density at radius 3 is 2.52 bits per heavy atom. The molecule has 3 aliphatic heterocycles. The molecule has 0 aromatic rings. The normalized spacial score (nSPS) is 24.8. The highest BCUT2D eigenvalue weighted by atomic mass is 16.3. The fourth-order valence-corrected chi connectivity index (χ4v) is 6.22. The Morgan fingerprint density at radius 2 is 1.90 bits per heavy atom. The molecular formula is C35H48N4O. The fraction of sp³-hybridized carbons (Fsp3) is 0.514. The zero-order chi connectivity index (χ0) is 28.4. The van der Waals surface area contributed by atoms with Crippen LogP contribution >= 0.6 is 0 Å². The van der Waals surface area contributed by atoms with E-state index in [1.807, 2.05) is 0 Å². The molecule has 0 spiro atoms. The number of β-amino-alcohol motifs (C(OH)–C–C–N with tert-alkyl or cyclic N) is 1. The average Bonchev–Trinajstić information content (AvgIpc) is 2.92. The molecule has 0 aromatic carbocycles. The summed E-state index contributed by atoms with van der Waals surface area (Å²) in [7, 11) is 0. The number of aliphatic imine (C=N–C) groups is 1. The highest BCUT2D eigenvalue weighted by Gasteiger charge is 2.30. The number of allylic oxidation sites excluding steroid dienone is 10. The number of piperazine rings is 1. The molecule has 2 unspecified atom stereocenters. The van der Waals surface area contributed by atoms with Crippen LogP contribution in [-0.2, 0) is 0 Å². The number of amidine groups is 1. The van der Waals surface area contributed by atoms with Crippen LogP contribution in [0, 0.1) is 11.8 Å². The third-order valence-electron chi connectivity index (χ3n) is 9.44. The van der Waals surface area contributed by atoms with Gasteiger partial charge in [-0.05, 0) is 104 Å². The number of aliphatic hydroxyl groups is 1. The lowest BCUT2D eigenvalue weighted by atomic mass is 9.79. The van der Waals surface area contributed by atoms with Crippen molar-refractivity contribution >= 4 is 5.84 Å². The first kappa shape index (κ1) is 28.6. The minimum atomic E-state index is 0.233. The van der Waals surface area contributed by atoms with Gasteiger partial charge in [0.15, 0.2) is 0 Å². The van der Waals surface area contributed by atoms with Crippen LogP contribution in [0.1, 0.15) is 66.7 Å². The number of aliphatic hydroxyl groups excluding tert-OH is 1. The molecule has 0 amide bonds. The largest absolute Gasteiger partial charge is 0.395 e. The highest BCUT2D eigenvalue weighted by molar-refractivity contribution is 5.99. The number of rotatable bonds is 8. The standard InChI is InChI=1S/C35H48N4O/c1-7-25(4)26(5)19-29-21-32(27(6)20-31(29)24(2)3)33-22-34(28-9-8-10-28)39-23-30(11-12-35(39)36-33)38-15-13-37(14-16-38)17-18-40/h11-12,19,21-23,25,27,40H,2,7-10,13-18,20H2,1,3-6H3/b26-19-. The van der Waals surface area contributed by atoms with Crippen LogP contribution in [-0.4, -0.2) is 65.0 Å². The summed E-state index contributed by atoms with van der Waals surface area (Å²) >= 11 is 0. The summed E-state index contributed by atoms with van der Waals surface area (Å²) < 4.78 is 0. The van der Waals surface area contributed by atoms with E-state index in [4.69, 9.17) is 4.99 Å². The Hall–Kier alpha value is -2.89. The maximum Gasteiger partial charge on any atom is 0.137 e. The van der Waals surface area contributed by atoms with E-state index in [1.54, 1.807) is 5.57 Å². The summed E-state index contributed by atoms with van der Waals surface area (Å²) in [5, 5.41) is 9.31. The van der Waals surface area contributed by atoms with Crippen LogP contribution in [0.5, 0.6) is 0 Å². The number of nitrogens with zero attached hydrogens (tertiary/aromatic N) is 4. The zero-order valence-corrected chi connectivity index (χ0v) is 25.3. The molecule has 1 saturated carbocycles. The second-order valence-electron chi connectivity index (χ2n) is 12.3. The summed E-state index contributed by atoms with van der Waals surface area (Å²) in [5.74, 6) is 1.97. The van der Waals surface area contributed by atoms with Crippen molar-refractivity contribution in [3.8, 4) is 0 Å². The van der Waals surface area contributed by atoms with E-state index >= 15 is 0 Å². The van der Waals surface area contributed by atoms with Gasteiger partial charge >= 0.3 is 0 Å². The van der Waals surface area contributed by atoms with E-state index in [0.717, 1.165) is 57.1 Å². The van der Waals surface area contributed by atoms with E-state index in [2.05, 4.69) is 92.5 Å². The SMILES string of the molecule is C=C(C)C1=C(/C=C(/C)C(C)CC)C=C(C2=CC(=C3CCC3)N3C=C(N4CCN(CCO)CC4)C=CC3=N2)C(C)C1. The molecule has 40 heavy (non-hydrogen) atoms. The molecule has 0 bridgehead atoms. The van der Waals surface area contributed by atoms with Gasteiger partial charge in [0.2, 0.25) is 0 Å². The van der Waals surface area contributed by atoms with Crippen molar-refractivity contribution in [2.45, 2.75) is 66.7 Å². The van der Waals surface area contributed by atoms with Crippen LogP contribution in [0.2, 0.25) is 0 Å². The maximum atomic E-state index is 9.31. The van der Waals surface area contributed by atoms with Crippen LogP contribution < -0.4 is 0 Å². The summed E-state index contributed by atoms with van der Waals surface area (Å²) in [4.78, 5) is 12.4. The lowest BCUT2D eigenvalue weighted by molar-refractivity contribution is 0.133. The number of fused-ring (bicyclic) bond motifs is 1. The quantitative estimate of drug-likeness (QED) is 0.365. The van der Waals surface area contributed by atoms with Gasteiger partial charge in [0.25, 0.3) is 0 Å². The minimum absolute atomic E-state index is 0.233. The van der Waals surface area contributed by atoms with E-state index < -0.39 is 0 Å². The Bertz CT molecular complexity index is 1270. The van der Waals surface area contributed by atoms with Gasteiger partial charge in [-0.25, -0.2) is 4.99 Å². The molecule has 5 aliphatic rings. The molecule has 5 heteroatoms. The van der Waals surface area contributed by atoms with Crippen LogP contribution in [0.3, 0.4) is 0 Å². The molecule has 1 N–H and O–H groups in total. The van der Waals surface area contributed by atoms with Gasteiger partial charge in [-0.2, -0.15) is 0 Å². The molecule has 0 radical (unpaired) electrons. The molecule has 0 aromatic heterocycles. The Morgan fingerprint density at radius 1 is 1.15 bits per heavy atom. The van der Waals surface area contributed by atoms with Gasteiger partial charge in [0, 0.05) is 44.6 Å². The number of hydrogen-bond acceptors (Lipinski definition) is 5. The van der Waals surface area contributed by atoms with E-state index in [9.17, 15) is 5.11 Å². The van der Waals surface area contributed by atoms with Crippen LogP contribution in [0.15, 0.2) is 98.7 Å². The van der Waals surface area contributed by atoms with E-state index in [-0.39, 0.29) is 6.61 Å². The van der Waals surface area contributed by atoms with Crippen molar-refractivity contribution < 1.29 is 5.11 Å². The first-order valence-corrected chi connectivity index (χ1v) is 15.4. The molecule has 2 aliphatic carbocycles. The Labute approximate surface area is 242 Å². The first-order valence-electron chi connectivity index (χ1n) is 15.4. The van der Waals surface area contributed by atoms with Crippen molar-refractivity contribution in [1.29, 1.82) is 0 Å². The Kier molecular flexibility index (Phi) is 8.82. The van der Waals surface area contributed by atoms with Crippen molar-refractivity contribution in [1.82, 2.24) is 14.7 Å². The van der Waals surface area contributed by atoms with E-state index in [0.29, 0.717) is 11.8 Å². The highest BCUT2D eigenvalue weighted by Crippen LogP contribution is 2.41. The molecule has 2 atom stereocenters. The molecule has 5 nitrogen and oxygen atoms in total. The summed E-state index contributed by atoms with van der Waals surface area (Å²) in [5.41, 5.74) is 11.8. The second-order valence-corrected chi connectivity index (χ2v) is 12.3. The van der Waals surface area contributed by atoms with Crippen molar-refractivity contribution in [2.24, 2.45) is 16.8 Å². The molecular weight excluding hydrogens is 492 g/mol. The topological polar surface area (TPSA) is 42.3 Å².